The molecule has 10 heteroatoms. The van der Waals surface area contributed by atoms with E-state index in [2.05, 4.69) is 15.3 Å². The van der Waals surface area contributed by atoms with Gasteiger partial charge in [-0.15, -0.1) is 0 Å². The number of sulfonamides is 1. The van der Waals surface area contributed by atoms with Crippen molar-refractivity contribution < 1.29 is 12.8 Å². The normalized spacial score (nSPS) is 12.1. The van der Waals surface area contributed by atoms with E-state index in [1.165, 1.54) is 28.2 Å². The third-order valence-corrected chi connectivity index (χ3v) is 6.99. The summed E-state index contributed by atoms with van der Waals surface area (Å²) in [6.45, 7) is 1.92. The first kappa shape index (κ1) is 20.5. The van der Waals surface area contributed by atoms with Crippen molar-refractivity contribution in [2.24, 2.45) is 7.05 Å². The molecule has 0 bridgehead atoms. The highest BCUT2D eigenvalue weighted by molar-refractivity contribution is 7.89. The molecule has 0 spiro atoms. The summed E-state index contributed by atoms with van der Waals surface area (Å²) >= 11 is 6.10. The van der Waals surface area contributed by atoms with Crippen molar-refractivity contribution in [2.75, 3.05) is 13.6 Å². The Hall–Kier alpha value is -2.23. The first-order chi connectivity index (χ1) is 13.2. The molecule has 150 valence electrons. The van der Waals surface area contributed by atoms with Gasteiger partial charge in [0.15, 0.2) is 0 Å². The molecule has 0 fully saturated rings. The van der Waals surface area contributed by atoms with Gasteiger partial charge in [0, 0.05) is 31.9 Å². The minimum Gasteiger partial charge on any atom is -0.282 e. The first-order valence-corrected chi connectivity index (χ1v) is 10.5. The zero-order valence-corrected chi connectivity index (χ0v) is 17.4. The molecule has 1 N–H and O–H groups in total. The van der Waals surface area contributed by atoms with Crippen LogP contribution in [0.3, 0.4) is 0 Å². The van der Waals surface area contributed by atoms with Crippen molar-refractivity contribution in [3.05, 3.63) is 52.7 Å². The second kappa shape index (κ2) is 8.02. The SMILES string of the molecule is Cc1nn(C)c(Cl)c1S(=O)(=O)N(C)CCCc1cc(-c2cccc(F)c2)n[nH]1. The predicted octanol–water partition coefficient (Wildman–Crippen LogP) is 3.16. The smallest absolute Gasteiger partial charge is 0.247 e. The summed E-state index contributed by atoms with van der Waals surface area (Å²) in [6.07, 6.45) is 1.18. The molecular formula is C18H21ClFN5O2S. The second-order valence-electron chi connectivity index (χ2n) is 6.55. The van der Waals surface area contributed by atoms with Crippen LogP contribution in [0.5, 0.6) is 0 Å². The van der Waals surface area contributed by atoms with Crippen molar-refractivity contribution in [1.29, 1.82) is 0 Å². The average molecular weight is 426 g/mol. The number of H-pyrrole nitrogens is 1. The molecule has 3 aromatic rings. The van der Waals surface area contributed by atoms with Crippen LogP contribution < -0.4 is 0 Å². The average Bonchev–Trinajstić information content (AvgIpc) is 3.19. The van der Waals surface area contributed by atoms with E-state index in [0.29, 0.717) is 36.3 Å². The fourth-order valence-corrected chi connectivity index (χ4v) is 4.86. The van der Waals surface area contributed by atoms with Gasteiger partial charge in [-0.25, -0.2) is 17.1 Å². The van der Waals surface area contributed by atoms with Gasteiger partial charge in [0.25, 0.3) is 0 Å². The van der Waals surface area contributed by atoms with E-state index in [4.69, 9.17) is 11.6 Å². The summed E-state index contributed by atoms with van der Waals surface area (Å²) in [7, 11) is -0.609. The number of nitrogens with one attached hydrogen (secondary N) is 1. The highest BCUT2D eigenvalue weighted by Gasteiger charge is 2.28. The van der Waals surface area contributed by atoms with Crippen LogP contribution in [0.25, 0.3) is 11.3 Å². The molecule has 7 nitrogen and oxygen atoms in total. The monoisotopic (exact) mass is 425 g/mol. The molecule has 0 unspecified atom stereocenters. The van der Waals surface area contributed by atoms with Crippen LogP contribution in [0.4, 0.5) is 4.39 Å². The van der Waals surface area contributed by atoms with Gasteiger partial charge in [-0.1, -0.05) is 23.7 Å². The number of rotatable bonds is 7. The van der Waals surface area contributed by atoms with Crippen molar-refractivity contribution in [1.82, 2.24) is 24.3 Å². The molecule has 0 saturated heterocycles. The molecule has 0 amide bonds. The van der Waals surface area contributed by atoms with Gasteiger partial charge < -0.3 is 0 Å². The number of hydrogen-bond acceptors (Lipinski definition) is 4. The van der Waals surface area contributed by atoms with E-state index >= 15 is 0 Å². The van der Waals surface area contributed by atoms with E-state index < -0.39 is 10.0 Å². The fourth-order valence-electron chi connectivity index (χ4n) is 2.96. The molecule has 0 aliphatic rings. The molecule has 3 rings (SSSR count). The standard InChI is InChI=1S/C18H21ClFN5O2S/c1-12-17(18(19)25(3)23-12)28(26,27)24(2)9-5-8-15-11-16(22-21-15)13-6-4-7-14(20)10-13/h4,6-7,10-11H,5,8-9H2,1-3H3,(H,21,22). The molecule has 0 aliphatic heterocycles. The Bertz CT molecular complexity index is 1090. The number of aromatic amines is 1. The van der Waals surface area contributed by atoms with Gasteiger partial charge in [0.2, 0.25) is 10.0 Å². The van der Waals surface area contributed by atoms with Gasteiger partial charge in [0.05, 0.1) is 11.4 Å². The molecule has 0 radical (unpaired) electrons. The number of nitrogens with zero attached hydrogens (tertiary/aromatic N) is 4. The van der Waals surface area contributed by atoms with Crippen molar-refractivity contribution >= 4 is 21.6 Å². The van der Waals surface area contributed by atoms with Crippen LogP contribution in [-0.2, 0) is 23.5 Å². The molecule has 0 saturated carbocycles. The second-order valence-corrected chi connectivity index (χ2v) is 8.89. The largest absolute Gasteiger partial charge is 0.282 e. The van der Waals surface area contributed by atoms with Gasteiger partial charge in [-0.05, 0) is 38.0 Å². The van der Waals surface area contributed by atoms with Crippen LogP contribution in [0.2, 0.25) is 5.15 Å². The third-order valence-electron chi connectivity index (χ3n) is 4.44. The summed E-state index contributed by atoms with van der Waals surface area (Å²) in [5.74, 6) is -0.321. The van der Waals surface area contributed by atoms with Crippen molar-refractivity contribution in [3.63, 3.8) is 0 Å². The van der Waals surface area contributed by atoms with Crippen molar-refractivity contribution in [2.45, 2.75) is 24.7 Å². The molecule has 0 aliphatic carbocycles. The summed E-state index contributed by atoms with van der Waals surface area (Å²) in [5, 5.41) is 11.3. The lowest BCUT2D eigenvalue weighted by atomic mass is 10.1. The minimum absolute atomic E-state index is 0.0362. The molecule has 2 aromatic heterocycles. The Balaban J connectivity index is 1.63. The molecule has 1 aromatic carbocycles. The minimum atomic E-state index is -3.73. The van der Waals surface area contributed by atoms with Crippen LogP contribution in [0.1, 0.15) is 17.8 Å². The summed E-state index contributed by atoms with van der Waals surface area (Å²) in [6, 6.07) is 8.04. The van der Waals surface area contributed by atoms with Crippen LogP contribution in [0, 0.1) is 12.7 Å². The van der Waals surface area contributed by atoms with E-state index in [0.717, 1.165) is 5.69 Å². The lowest BCUT2D eigenvalue weighted by molar-refractivity contribution is 0.460. The molecular weight excluding hydrogens is 405 g/mol. The van der Waals surface area contributed by atoms with E-state index in [9.17, 15) is 12.8 Å². The zero-order valence-electron chi connectivity index (χ0n) is 15.8. The molecule has 28 heavy (non-hydrogen) atoms. The maximum Gasteiger partial charge on any atom is 0.247 e. The van der Waals surface area contributed by atoms with Gasteiger partial charge >= 0.3 is 0 Å². The van der Waals surface area contributed by atoms with Gasteiger partial charge in [0.1, 0.15) is 15.9 Å². The third kappa shape index (κ3) is 4.11. The van der Waals surface area contributed by atoms with Crippen LogP contribution >= 0.6 is 11.6 Å². The fraction of sp³-hybridized carbons (Fsp3) is 0.333. The number of hydrogen-bond donors (Lipinski definition) is 1. The van der Waals surface area contributed by atoms with E-state index in [1.807, 2.05) is 6.07 Å². The molecule has 0 atom stereocenters. The number of aryl methyl sites for hydroxylation is 3. The predicted molar refractivity (Wildman–Crippen MR) is 105 cm³/mol. The summed E-state index contributed by atoms with van der Waals surface area (Å²) in [5.41, 5.74) is 2.55. The van der Waals surface area contributed by atoms with Gasteiger partial charge in [-0.3, -0.25) is 9.78 Å². The first-order valence-electron chi connectivity index (χ1n) is 8.66. The highest BCUT2D eigenvalue weighted by atomic mass is 35.5. The van der Waals surface area contributed by atoms with Crippen LogP contribution in [0.15, 0.2) is 35.2 Å². The summed E-state index contributed by atoms with van der Waals surface area (Å²) in [4.78, 5) is 0.0362. The number of benzene rings is 1. The number of aromatic nitrogens is 4. The van der Waals surface area contributed by atoms with E-state index in [-0.39, 0.29) is 15.9 Å². The van der Waals surface area contributed by atoms with Crippen LogP contribution in [-0.4, -0.2) is 46.3 Å². The van der Waals surface area contributed by atoms with E-state index in [1.54, 1.807) is 26.1 Å². The number of halogens is 2. The topological polar surface area (TPSA) is 83.9 Å². The summed E-state index contributed by atoms with van der Waals surface area (Å²) < 4.78 is 41.5. The Morgan fingerprint density at radius 1 is 1.32 bits per heavy atom. The Labute approximate surface area is 168 Å². The maximum absolute atomic E-state index is 13.3. The van der Waals surface area contributed by atoms with Crippen molar-refractivity contribution in [3.8, 4) is 11.3 Å². The Kier molecular flexibility index (Phi) is 5.87. The Morgan fingerprint density at radius 2 is 2.07 bits per heavy atom. The zero-order chi connectivity index (χ0) is 20.5. The quantitative estimate of drug-likeness (QED) is 0.630. The molecule has 2 heterocycles. The lowest BCUT2D eigenvalue weighted by Crippen LogP contribution is -2.28. The maximum atomic E-state index is 13.3. The highest BCUT2D eigenvalue weighted by Crippen LogP contribution is 2.27. The lowest BCUT2D eigenvalue weighted by Gasteiger charge is -2.16. The Morgan fingerprint density at radius 3 is 2.71 bits per heavy atom. The van der Waals surface area contributed by atoms with Gasteiger partial charge in [-0.2, -0.15) is 10.2 Å².